The molecule has 2 aromatic heterocycles. The van der Waals surface area contributed by atoms with Crippen molar-refractivity contribution < 1.29 is 18.4 Å². The van der Waals surface area contributed by atoms with Crippen LogP contribution in [0.25, 0.3) is 0 Å². The lowest BCUT2D eigenvalue weighted by Gasteiger charge is -2.34. The molecule has 0 N–H and O–H groups in total. The quantitative estimate of drug-likeness (QED) is 0.853. The number of hydrogen-bond acceptors (Lipinski definition) is 4. The van der Waals surface area contributed by atoms with Gasteiger partial charge in [0.05, 0.1) is 11.8 Å². The second-order valence-electron chi connectivity index (χ2n) is 5.78. The molecule has 1 fully saturated rings. The number of carbonyl (C=O) groups excluding carboxylic acids is 2. The van der Waals surface area contributed by atoms with Crippen LogP contribution in [-0.4, -0.2) is 47.8 Å². The molecule has 122 valence electrons. The summed E-state index contributed by atoms with van der Waals surface area (Å²) in [5.41, 5.74) is 1.54. The summed E-state index contributed by atoms with van der Waals surface area (Å²) in [7, 11) is 0. The monoisotopic (exact) mass is 316 g/mol. The molecule has 0 saturated carbocycles. The average molecular weight is 316 g/mol. The summed E-state index contributed by atoms with van der Waals surface area (Å²) in [6.07, 6.45) is 1.49. The van der Waals surface area contributed by atoms with Crippen LogP contribution in [0.5, 0.6) is 0 Å². The maximum absolute atomic E-state index is 12.7. The van der Waals surface area contributed by atoms with Gasteiger partial charge in [0, 0.05) is 31.7 Å². The van der Waals surface area contributed by atoms with Crippen molar-refractivity contribution in [3.63, 3.8) is 0 Å². The molecular weight excluding hydrogens is 296 g/mol. The fourth-order valence-electron chi connectivity index (χ4n) is 2.94. The van der Waals surface area contributed by atoms with Gasteiger partial charge in [0.1, 0.15) is 11.5 Å². The third-order valence-electron chi connectivity index (χ3n) is 4.36. The number of nitrogens with zero attached hydrogens (tertiary/aromatic N) is 2. The summed E-state index contributed by atoms with van der Waals surface area (Å²) in [6, 6.07) is 3.35. The molecule has 2 aromatic rings. The predicted molar refractivity (Wildman–Crippen MR) is 83.4 cm³/mol. The Labute approximate surface area is 134 Å². The van der Waals surface area contributed by atoms with E-state index in [-0.39, 0.29) is 11.8 Å². The number of amides is 2. The predicted octanol–water partition coefficient (Wildman–Crippen LogP) is 2.40. The summed E-state index contributed by atoms with van der Waals surface area (Å²) in [5.74, 6) is 1.61. The van der Waals surface area contributed by atoms with Crippen molar-refractivity contribution in [2.75, 3.05) is 26.2 Å². The highest BCUT2D eigenvalue weighted by Crippen LogP contribution is 2.23. The van der Waals surface area contributed by atoms with Crippen LogP contribution in [0.3, 0.4) is 0 Å². The van der Waals surface area contributed by atoms with Gasteiger partial charge >= 0.3 is 0 Å². The molecule has 6 nitrogen and oxygen atoms in total. The molecule has 6 heteroatoms. The van der Waals surface area contributed by atoms with E-state index in [9.17, 15) is 9.59 Å². The van der Waals surface area contributed by atoms with E-state index in [1.54, 1.807) is 21.9 Å². The van der Waals surface area contributed by atoms with Gasteiger partial charge in [0.15, 0.2) is 5.76 Å². The average Bonchev–Trinajstić information content (AvgIpc) is 3.16. The second-order valence-corrected chi connectivity index (χ2v) is 5.78. The van der Waals surface area contributed by atoms with Crippen molar-refractivity contribution in [2.45, 2.75) is 20.8 Å². The topological polar surface area (TPSA) is 66.9 Å². The standard InChI is InChI=1S/C17H20N2O4/c1-11-12(2)23-13(3)15(11)17(21)19-8-6-18(7-9-19)16(20)14-5-4-10-22-14/h4-5,10H,6-9H2,1-3H3. The Morgan fingerprint density at radius 3 is 2.04 bits per heavy atom. The molecule has 3 heterocycles. The van der Waals surface area contributed by atoms with Crippen molar-refractivity contribution in [3.8, 4) is 0 Å². The minimum Gasteiger partial charge on any atom is -0.466 e. The normalized spacial score (nSPS) is 15.1. The highest BCUT2D eigenvalue weighted by Gasteiger charge is 2.29. The van der Waals surface area contributed by atoms with Crippen LogP contribution < -0.4 is 0 Å². The summed E-state index contributed by atoms with van der Waals surface area (Å²) in [6.45, 7) is 7.59. The molecule has 0 unspecified atom stereocenters. The van der Waals surface area contributed by atoms with Gasteiger partial charge < -0.3 is 18.6 Å². The first-order valence-electron chi connectivity index (χ1n) is 7.67. The van der Waals surface area contributed by atoms with E-state index in [4.69, 9.17) is 8.83 Å². The van der Waals surface area contributed by atoms with Crippen molar-refractivity contribution in [1.82, 2.24) is 9.80 Å². The number of aryl methyl sites for hydroxylation is 2. The smallest absolute Gasteiger partial charge is 0.289 e. The van der Waals surface area contributed by atoms with Gasteiger partial charge in [-0.05, 0) is 32.9 Å². The molecule has 0 radical (unpaired) electrons. The van der Waals surface area contributed by atoms with Crippen molar-refractivity contribution >= 4 is 11.8 Å². The van der Waals surface area contributed by atoms with Crippen LogP contribution in [0, 0.1) is 20.8 Å². The third kappa shape index (κ3) is 2.76. The number of piperazine rings is 1. The largest absolute Gasteiger partial charge is 0.466 e. The second kappa shape index (κ2) is 5.95. The lowest BCUT2D eigenvalue weighted by molar-refractivity contribution is 0.0517. The summed E-state index contributed by atoms with van der Waals surface area (Å²) < 4.78 is 10.7. The van der Waals surface area contributed by atoms with Crippen LogP contribution in [-0.2, 0) is 0 Å². The van der Waals surface area contributed by atoms with Gasteiger partial charge in [-0.15, -0.1) is 0 Å². The zero-order valence-corrected chi connectivity index (χ0v) is 13.6. The molecule has 3 rings (SSSR count). The highest BCUT2D eigenvalue weighted by molar-refractivity contribution is 5.97. The molecule has 0 spiro atoms. The molecular formula is C17H20N2O4. The fraction of sp³-hybridized carbons (Fsp3) is 0.412. The van der Waals surface area contributed by atoms with E-state index in [1.165, 1.54) is 6.26 Å². The first kappa shape index (κ1) is 15.4. The Bertz CT molecular complexity index is 722. The van der Waals surface area contributed by atoms with Crippen LogP contribution >= 0.6 is 0 Å². The van der Waals surface area contributed by atoms with E-state index < -0.39 is 0 Å². The Kier molecular flexibility index (Phi) is 3.98. The summed E-state index contributed by atoms with van der Waals surface area (Å²) in [5, 5.41) is 0. The van der Waals surface area contributed by atoms with E-state index in [0.29, 0.717) is 43.3 Å². The number of carbonyl (C=O) groups is 2. The summed E-state index contributed by atoms with van der Waals surface area (Å²) in [4.78, 5) is 28.4. The number of furan rings is 2. The van der Waals surface area contributed by atoms with Crippen molar-refractivity contribution in [2.24, 2.45) is 0 Å². The van der Waals surface area contributed by atoms with E-state index in [1.807, 2.05) is 20.8 Å². The van der Waals surface area contributed by atoms with Crippen molar-refractivity contribution in [1.29, 1.82) is 0 Å². The lowest BCUT2D eigenvalue weighted by Crippen LogP contribution is -2.50. The SMILES string of the molecule is Cc1oc(C)c(C(=O)N2CCN(C(=O)c3ccco3)CC2)c1C. The first-order valence-corrected chi connectivity index (χ1v) is 7.67. The molecule has 0 aromatic carbocycles. The van der Waals surface area contributed by atoms with Crippen molar-refractivity contribution in [3.05, 3.63) is 46.8 Å². The molecule has 0 atom stereocenters. The molecule has 1 aliphatic heterocycles. The van der Waals surface area contributed by atoms with Gasteiger partial charge in [-0.3, -0.25) is 9.59 Å². The lowest BCUT2D eigenvalue weighted by atomic mass is 10.1. The molecule has 23 heavy (non-hydrogen) atoms. The molecule has 0 bridgehead atoms. The summed E-state index contributed by atoms with van der Waals surface area (Å²) >= 11 is 0. The van der Waals surface area contributed by atoms with Gasteiger partial charge in [0.25, 0.3) is 11.8 Å². The minimum atomic E-state index is -0.131. The number of hydrogen-bond donors (Lipinski definition) is 0. The zero-order valence-electron chi connectivity index (χ0n) is 13.6. The maximum atomic E-state index is 12.7. The van der Waals surface area contributed by atoms with E-state index in [2.05, 4.69) is 0 Å². The van der Waals surface area contributed by atoms with Crippen LogP contribution in [0.2, 0.25) is 0 Å². The number of rotatable bonds is 2. The molecule has 2 amide bonds. The molecule has 0 aliphatic carbocycles. The van der Waals surface area contributed by atoms with Crippen LogP contribution in [0.4, 0.5) is 0 Å². The van der Waals surface area contributed by atoms with Gasteiger partial charge in [-0.2, -0.15) is 0 Å². The van der Waals surface area contributed by atoms with Gasteiger partial charge in [0.2, 0.25) is 0 Å². The zero-order chi connectivity index (χ0) is 16.6. The maximum Gasteiger partial charge on any atom is 0.289 e. The fourth-order valence-corrected chi connectivity index (χ4v) is 2.94. The van der Waals surface area contributed by atoms with E-state index >= 15 is 0 Å². The van der Waals surface area contributed by atoms with E-state index in [0.717, 1.165) is 11.3 Å². The Morgan fingerprint density at radius 1 is 0.957 bits per heavy atom. The highest BCUT2D eigenvalue weighted by atomic mass is 16.3. The Morgan fingerprint density at radius 2 is 1.57 bits per heavy atom. The van der Waals surface area contributed by atoms with Gasteiger partial charge in [-0.1, -0.05) is 0 Å². The molecule has 1 aliphatic rings. The Hall–Kier alpha value is -2.50. The first-order chi connectivity index (χ1) is 11.0. The Balaban J connectivity index is 1.67. The minimum absolute atomic E-state index is 0.0260. The van der Waals surface area contributed by atoms with Gasteiger partial charge in [-0.25, -0.2) is 0 Å². The van der Waals surface area contributed by atoms with Crippen LogP contribution in [0.15, 0.2) is 27.2 Å². The molecule has 1 saturated heterocycles. The third-order valence-corrected chi connectivity index (χ3v) is 4.36. The van der Waals surface area contributed by atoms with Crippen LogP contribution in [0.1, 0.15) is 38.0 Å².